The molecular formula is C19H20N2O4. The predicted octanol–water partition coefficient (Wildman–Crippen LogP) is 2.28. The van der Waals surface area contributed by atoms with Crippen molar-refractivity contribution in [3.05, 3.63) is 54.1 Å². The second-order valence-corrected chi connectivity index (χ2v) is 5.81. The number of nitrogens with one attached hydrogen (secondary N) is 2. The summed E-state index contributed by atoms with van der Waals surface area (Å²) < 4.78 is 11.2. The van der Waals surface area contributed by atoms with Gasteiger partial charge < -0.3 is 20.1 Å². The number of anilines is 1. The van der Waals surface area contributed by atoms with Gasteiger partial charge in [-0.05, 0) is 36.8 Å². The lowest BCUT2D eigenvalue weighted by Gasteiger charge is -2.25. The molecule has 25 heavy (non-hydrogen) atoms. The molecule has 0 saturated heterocycles. The first-order chi connectivity index (χ1) is 12.1. The van der Waals surface area contributed by atoms with Crippen molar-refractivity contribution >= 4 is 17.5 Å². The number of hydrogen-bond acceptors (Lipinski definition) is 4. The van der Waals surface area contributed by atoms with E-state index in [0.717, 1.165) is 11.3 Å². The number of aryl methyl sites for hydroxylation is 1. The Kier molecular flexibility index (Phi) is 5.18. The molecule has 0 radical (unpaired) electrons. The molecule has 6 heteroatoms. The van der Waals surface area contributed by atoms with E-state index in [4.69, 9.17) is 9.47 Å². The van der Waals surface area contributed by atoms with Crippen molar-refractivity contribution in [2.75, 3.05) is 18.5 Å². The maximum Gasteiger partial charge on any atom is 0.266 e. The van der Waals surface area contributed by atoms with Crippen molar-refractivity contribution in [2.45, 2.75) is 19.4 Å². The number of para-hydroxylation sites is 2. The van der Waals surface area contributed by atoms with Crippen LogP contribution in [0.4, 0.5) is 5.69 Å². The Morgan fingerprint density at radius 2 is 2.08 bits per heavy atom. The normalized spacial score (nSPS) is 15.6. The lowest BCUT2D eigenvalue weighted by Crippen LogP contribution is -2.41. The Balaban J connectivity index is 1.43. The third-order valence-electron chi connectivity index (χ3n) is 3.76. The number of benzene rings is 2. The van der Waals surface area contributed by atoms with Gasteiger partial charge in [-0.2, -0.15) is 0 Å². The minimum atomic E-state index is -0.826. The van der Waals surface area contributed by atoms with Crippen LogP contribution in [-0.4, -0.2) is 31.1 Å². The Hall–Kier alpha value is -3.02. The van der Waals surface area contributed by atoms with Crippen LogP contribution in [0.25, 0.3) is 0 Å². The summed E-state index contributed by atoms with van der Waals surface area (Å²) in [5, 5.41) is 5.48. The number of carbonyl (C=O) groups is 2. The topological polar surface area (TPSA) is 76.7 Å². The molecule has 0 aromatic heterocycles. The molecule has 1 aliphatic heterocycles. The smallest absolute Gasteiger partial charge is 0.266 e. The van der Waals surface area contributed by atoms with Gasteiger partial charge in [0, 0.05) is 0 Å². The molecule has 1 atom stereocenters. The summed E-state index contributed by atoms with van der Waals surface area (Å²) in [7, 11) is 0. The number of fused-ring (bicyclic) bond motifs is 1. The van der Waals surface area contributed by atoms with Crippen LogP contribution in [0.15, 0.2) is 48.5 Å². The fraction of sp³-hybridized carbons (Fsp3) is 0.263. The molecule has 0 spiro atoms. The van der Waals surface area contributed by atoms with E-state index in [1.54, 1.807) is 12.1 Å². The zero-order chi connectivity index (χ0) is 17.6. The molecule has 0 fully saturated rings. The second-order valence-electron chi connectivity index (χ2n) is 5.81. The highest BCUT2D eigenvalue weighted by Crippen LogP contribution is 2.29. The number of rotatable bonds is 6. The molecule has 0 saturated carbocycles. The predicted molar refractivity (Wildman–Crippen MR) is 93.8 cm³/mol. The third kappa shape index (κ3) is 4.50. The highest BCUT2D eigenvalue weighted by molar-refractivity contribution is 5.99. The summed E-state index contributed by atoms with van der Waals surface area (Å²) in [5.41, 5.74) is 1.73. The van der Waals surface area contributed by atoms with Crippen molar-refractivity contribution in [1.82, 2.24) is 5.32 Å². The Bertz CT molecular complexity index is 776. The molecule has 1 aliphatic rings. The van der Waals surface area contributed by atoms with Crippen LogP contribution < -0.4 is 20.1 Å². The lowest BCUT2D eigenvalue weighted by molar-refractivity contribution is -0.130. The van der Waals surface area contributed by atoms with Gasteiger partial charge in [0.05, 0.1) is 18.7 Å². The summed E-state index contributed by atoms with van der Waals surface area (Å²) in [5.74, 6) is 0.765. The monoisotopic (exact) mass is 340 g/mol. The zero-order valence-corrected chi connectivity index (χ0v) is 14.0. The van der Waals surface area contributed by atoms with Crippen molar-refractivity contribution < 1.29 is 19.1 Å². The van der Waals surface area contributed by atoms with Crippen molar-refractivity contribution in [3.8, 4) is 11.5 Å². The van der Waals surface area contributed by atoms with Crippen LogP contribution >= 0.6 is 0 Å². The van der Waals surface area contributed by atoms with Gasteiger partial charge in [-0.3, -0.25) is 9.59 Å². The van der Waals surface area contributed by atoms with Crippen LogP contribution in [0.1, 0.15) is 12.0 Å². The van der Waals surface area contributed by atoms with Gasteiger partial charge in [-0.15, -0.1) is 0 Å². The fourth-order valence-corrected chi connectivity index (χ4v) is 2.53. The van der Waals surface area contributed by atoms with E-state index in [0.29, 0.717) is 24.6 Å². The standard InChI is InChI=1S/C19H20N2O4/c1-13-5-4-6-14(11-13)24-10-9-20-18(22)12-17-19(23)21-15-7-2-3-8-16(15)25-17/h2-8,11,17H,9-10,12H2,1H3,(H,20,22)(H,21,23)/t17-/m1/s1. The van der Waals surface area contributed by atoms with E-state index in [1.165, 1.54) is 0 Å². The minimum absolute atomic E-state index is 0.0371. The highest BCUT2D eigenvalue weighted by atomic mass is 16.5. The first-order valence-corrected chi connectivity index (χ1v) is 8.14. The van der Waals surface area contributed by atoms with E-state index < -0.39 is 6.10 Å². The third-order valence-corrected chi connectivity index (χ3v) is 3.76. The SMILES string of the molecule is Cc1cccc(OCCNC(=O)C[C@H]2Oc3ccccc3NC2=O)c1. The molecule has 130 valence electrons. The molecule has 3 rings (SSSR count). The van der Waals surface area contributed by atoms with Crippen molar-refractivity contribution in [2.24, 2.45) is 0 Å². The summed E-state index contributed by atoms with van der Waals surface area (Å²) in [6, 6.07) is 14.8. The number of carbonyl (C=O) groups excluding carboxylic acids is 2. The van der Waals surface area contributed by atoms with Crippen molar-refractivity contribution in [1.29, 1.82) is 0 Å². The Morgan fingerprint density at radius 1 is 1.24 bits per heavy atom. The summed E-state index contributed by atoms with van der Waals surface area (Å²) in [6.45, 7) is 2.70. The van der Waals surface area contributed by atoms with Gasteiger partial charge in [0.2, 0.25) is 5.91 Å². The maximum atomic E-state index is 12.0. The van der Waals surface area contributed by atoms with E-state index in [1.807, 2.05) is 43.3 Å². The van der Waals surface area contributed by atoms with Gasteiger partial charge in [0.1, 0.15) is 18.1 Å². The Labute approximate surface area is 146 Å². The van der Waals surface area contributed by atoms with Gasteiger partial charge in [0.15, 0.2) is 6.10 Å². The lowest BCUT2D eigenvalue weighted by atomic mass is 10.1. The van der Waals surface area contributed by atoms with Gasteiger partial charge in [0.25, 0.3) is 5.91 Å². The van der Waals surface area contributed by atoms with Gasteiger partial charge in [-0.25, -0.2) is 0 Å². The van der Waals surface area contributed by atoms with Crippen LogP contribution in [0, 0.1) is 6.92 Å². The van der Waals surface area contributed by atoms with Gasteiger partial charge >= 0.3 is 0 Å². The highest BCUT2D eigenvalue weighted by Gasteiger charge is 2.29. The quantitative estimate of drug-likeness (QED) is 0.791. The molecular weight excluding hydrogens is 320 g/mol. The number of ether oxygens (including phenoxy) is 2. The molecule has 0 unspecified atom stereocenters. The molecule has 2 aromatic carbocycles. The van der Waals surface area contributed by atoms with E-state index in [2.05, 4.69) is 10.6 Å². The molecule has 2 N–H and O–H groups in total. The maximum absolute atomic E-state index is 12.0. The Morgan fingerprint density at radius 3 is 2.92 bits per heavy atom. The largest absolute Gasteiger partial charge is 0.492 e. The van der Waals surface area contributed by atoms with Crippen LogP contribution in [0.2, 0.25) is 0 Å². The zero-order valence-electron chi connectivity index (χ0n) is 14.0. The molecule has 2 amide bonds. The van der Waals surface area contributed by atoms with E-state index in [-0.39, 0.29) is 18.2 Å². The summed E-state index contributed by atoms with van der Waals surface area (Å²) in [6.07, 6.45) is -0.863. The molecule has 6 nitrogen and oxygen atoms in total. The summed E-state index contributed by atoms with van der Waals surface area (Å²) in [4.78, 5) is 24.0. The molecule has 0 bridgehead atoms. The van der Waals surface area contributed by atoms with Gasteiger partial charge in [-0.1, -0.05) is 24.3 Å². The van der Waals surface area contributed by atoms with E-state index >= 15 is 0 Å². The van der Waals surface area contributed by atoms with Crippen molar-refractivity contribution in [3.63, 3.8) is 0 Å². The number of hydrogen-bond donors (Lipinski definition) is 2. The molecule has 0 aliphatic carbocycles. The first kappa shape index (κ1) is 16.8. The number of amides is 2. The minimum Gasteiger partial charge on any atom is -0.492 e. The summed E-state index contributed by atoms with van der Waals surface area (Å²) >= 11 is 0. The average Bonchev–Trinajstić information content (AvgIpc) is 2.59. The average molecular weight is 340 g/mol. The first-order valence-electron chi connectivity index (χ1n) is 8.14. The van der Waals surface area contributed by atoms with E-state index in [9.17, 15) is 9.59 Å². The second kappa shape index (κ2) is 7.70. The fourth-order valence-electron chi connectivity index (χ4n) is 2.53. The van der Waals surface area contributed by atoms with Crippen LogP contribution in [0.3, 0.4) is 0 Å². The molecule has 1 heterocycles. The van der Waals surface area contributed by atoms with Crippen LogP contribution in [-0.2, 0) is 9.59 Å². The molecule has 2 aromatic rings. The van der Waals surface area contributed by atoms with Crippen LogP contribution in [0.5, 0.6) is 11.5 Å².